The van der Waals surface area contributed by atoms with E-state index in [1.54, 1.807) is 11.2 Å². The molecule has 18 heavy (non-hydrogen) atoms. The maximum absolute atomic E-state index is 11.7. The Morgan fingerprint density at radius 1 is 1.44 bits per heavy atom. The Labute approximate surface area is 111 Å². The summed E-state index contributed by atoms with van der Waals surface area (Å²) in [6, 6.07) is 0.926. The molecule has 1 saturated heterocycles. The van der Waals surface area contributed by atoms with Crippen LogP contribution in [0, 0.1) is 0 Å². The van der Waals surface area contributed by atoms with Gasteiger partial charge >= 0.3 is 0 Å². The third-order valence-corrected chi connectivity index (χ3v) is 5.42. The number of nitrogens with zero attached hydrogens (tertiary/aromatic N) is 1. The highest BCUT2D eigenvalue weighted by Crippen LogP contribution is 2.15. The molecule has 1 unspecified atom stereocenters. The maximum Gasteiger partial charge on any atom is 0.213 e. The van der Waals surface area contributed by atoms with E-state index in [2.05, 4.69) is 18.8 Å². The van der Waals surface area contributed by atoms with E-state index in [4.69, 9.17) is 0 Å². The first kappa shape index (κ1) is 15.7. The van der Waals surface area contributed by atoms with Crippen LogP contribution in [0.2, 0.25) is 0 Å². The average molecular weight is 274 g/mol. The smallest absolute Gasteiger partial charge is 0.213 e. The van der Waals surface area contributed by atoms with E-state index in [9.17, 15) is 8.42 Å². The lowest BCUT2D eigenvalue weighted by atomic mass is 10.0. The zero-order valence-electron chi connectivity index (χ0n) is 11.6. The summed E-state index contributed by atoms with van der Waals surface area (Å²) in [5.74, 6) is 0.209. The number of allylic oxidation sites excluding steroid dienone is 1. The Hall–Kier alpha value is -0.390. The molecule has 1 rings (SSSR count). The standard InChI is InChI=1S/C13H26N2O2S/c1-4-6-7-12(3)14-13-8-10-15(11-9-13)18(16,17)5-2/h4,12-14H,1,5-11H2,2-3H3. The molecule has 0 spiro atoms. The van der Waals surface area contributed by atoms with Gasteiger partial charge < -0.3 is 5.32 Å². The molecule has 1 fully saturated rings. The quantitative estimate of drug-likeness (QED) is 0.720. The van der Waals surface area contributed by atoms with Crippen molar-refractivity contribution in [2.45, 2.75) is 51.6 Å². The van der Waals surface area contributed by atoms with Crippen molar-refractivity contribution in [3.63, 3.8) is 0 Å². The minimum Gasteiger partial charge on any atom is -0.311 e. The summed E-state index contributed by atoms with van der Waals surface area (Å²) < 4.78 is 25.1. The number of hydrogen-bond acceptors (Lipinski definition) is 3. The van der Waals surface area contributed by atoms with Crippen molar-refractivity contribution in [1.82, 2.24) is 9.62 Å². The fourth-order valence-electron chi connectivity index (χ4n) is 2.34. The van der Waals surface area contributed by atoms with Gasteiger partial charge in [-0.3, -0.25) is 0 Å². The summed E-state index contributed by atoms with van der Waals surface area (Å²) in [5.41, 5.74) is 0. The number of nitrogens with one attached hydrogen (secondary N) is 1. The van der Waals surface area contributed by atoms with Crippen LogP contribution >= 0.6 is 0 Å². The summed E-state index contributed by atoms with van der Waals surface area (Å²) in [6.45, 7) is 8.92. The number of hydrogen-bond donors (Lipinski definition) is 1. The summed E-state index contributed by atoms with van der Waals surface area (Å²) in [4.78, 5) is 0. The van der Waals surface area contributed by atoms with Crippen LogP contribution in [0.5, 0.6) is 0 Å². The van der Waals surface area contributed by atoms with Crippen molar-refractivity contribution >= 4 is 10.0 Å². The van der Waals surface area contributed by atoms with Crippen molar-refractivity contribution in [1.29, 1.82) is 0 Å². The molecule has 106 valence electrons. The first-order valence-electron chi connectivity index (χ1n) is 6.84. The fourth-order valence-corrected chi connectivity index (χ4v) is 3.47. The molecule has 1 aliphatic rings. The second-order valence-corrected chi connectivity index (χ2v) is 7.27. The van der Waals surface area contributed by atoms with Crippen LogP contribution in [0.3, 0.4) is 0 Å². The van der Waals surface area contributed by atoms with E-state index in [1.165, 1.54) is 0 Å². The molecule has 1 aliphatic heterocycles. The normalized spacial score (nSPS) is 20.8. The van der Waals surface area contributed by atoms with E-state index in [1.807, 2.05) is 6.08 Å². The summed E-state index contributed by atoms with van der Waals surface area (Å²) in [7, 11) is -3.00. The van der Waals surface area contributed by atoms with Crippen molar-refractivity contribution in [2.75, 3.05) is 18.8 Å². The Morgan fingerprint density at radius 3 is 2.56 bits per heavy atom. The molecule has 0 aliphatic carbocycles. The summed E-state index contributed by atoms with van der Waals surface area (Å²) in [5, 5.41) is 3.57. The molecule has 4 nitrogen and oxygen atoms in total. The molecule has 0 saturated carbocycles. The predicted molar refractivity (Wildman–Crippen MR) is 76.1 cm³/mol. The molecule has 0 radical (unpaired) electrons. The van der Waals surface area contributed by atoms with Crippen molar-refractivity contribution in [3.8, 4) is 0 Å². The maximum atomic E-state index is 11.7. The van der Waals surface area contributed by atoms with Gasteiger partial charge in [-0.25, -0.2) is 12.7 Å². The minimum atomic E-state index is -3.00. The lowest BCUT2D eigenvalue weighted by Gasteiger charge is -2.33. The van der Waals surface area contributed by atoms with Crippen molar-refractivity contribution in [2.24, 2.45) is 0 Å². The first-order chi connectivity index (χ1) is 8.49. The predicted octanol–water partition coefficient (Wildman–Crippen LogP) is 1.74. The van der Waals surface area contributed by atoms with E-state index in [0.29, 0.717) is 25.2 Å². The third kappa shape index (κ3) is 4.71. The lowest BCUT2D eigenvalue weighted by Crippen LogP contribution is -2.47. The van der Waals surface area contributed by atoms with Crippen LogP contribution < -0.4 is 5.32 Å². The molecule has 1 atom stereocenters. The van der Waals surface area contributed by atoms with Crippen LogP contribution in [0.4, 0.5) is 0 Å². The van der Waals surface area contributed by atoms with Gasteiger partial charge in [0.25, 0.3) is 0 Å². The highest BCUT2D eigenvalue weighted by molar-refractivity contribution is 7.89. The van der Waals surface area contributed by atoms with Gasteiger partial charge in [-0.15, -0.1) is 6.58 Å². The fraction of sp³-hybridized carbons (Fsp3) is 0.846. The Bertz CT molecular complexity index is 346. The Kier molecular flexibility index (Phi) is 6.32. The molecule has 0 aromatic rings. The number of piperidine rings is 1. The number of rotatable bonds is 7. The molecule has 1 heterocycles. The molecular weight excluding hydrogens is 248 g/mol. The van der Waals surface area contributed by atoms with Gasteiger partial charge in [-0.2, -0.15) is 0 Å². The molecular formula is C13H26N2O2S. The van der Waals surface area contributed by atoms with Gasteiger partial charge in [0.1, 0.15) is 0 Å². The molecule has 0 aromatic heterocycles. The van der Waals surface area contributed by atoms with Crippen LogP contribution in [0.15, 0.2) is 12.7 Å². The van der Waals surface area contributed by atoms with Crippen molar-refractivity contribution in [3.05, 3.63) is 12.7 Å². The third-order valence-electron chi connectivity index (χ3n) is 3.54. The van der Waals surface area contributed by atoms with E-state index < -0.39 is 10.0 Å². The zero-order valence-corrected chi connectivity index (χ0v) is 12.4. The Morgan fingerprint density at radius 2 is 2.06 bits per heavy atom. The van der Waals surface area contributed by atoms with Crippen molar-refractivity contribution < 1.29 is 8.42 Å². The average Bonchev–Trinajstić information content (AvgIpc) is 2.37. The first-order valence-corrected chi connectivity index (χ1v) is 8.45. The molecule has 0 aromatic carbocycles. The van der Waals surface area contributed by atoms with Gasteiger partial charge in [-0.1, -0.05) is 6.08 Å². The van der Waals surface area contributed by atoms with Crippen LogP contribution in [0.1, 0.15) is 39.5 Å². The Balaban J connectivity index is 2.33. The van der Waals surface area contributed by atoms with Crippen LogP contribution in [-0.4, -0.2) is 43.6 Å². The van der Waals surface area contributed by atoms with E-state index in [0.717, 1.165) is 25.7 Å². The molecule has 0 amide bonds. The topological polar surface area (TPSA) is 49.4 Å². The van der Waals surface area contributed by atoms with E-state index >= 15 is 0 Å². The lowest BCUT2D eigenvalue weighted by molar-refractivity contribution is 0.274. The van der Waals surface area contributed by atoms with Gasteiger partial charge in [0.15, 0.2) is 0 Å². The van der Waals surface area contributed by atoms with Gasteiger partial charge in [0, 0.05) is 25.2 Å². The van der Waals surface area contributed by atoms with Gasteiger partial charge in [-0.05, 0) is 39.5 Å². The largest absolute Gasteiger partial charge is 0.311 e. The molecule has 0 bridgehead atoms. The number of sulfonamides is 1. The van der Waals surface area contributed by atoms with E-state index in [-0.39, 0.29) is 5.75 Å². The minimum absolute atomic E-state index is 0.209. The highest BCUT2D eigenvalue weighted by atomic mass is 32.2. The SMILES string of the molecule is C=CCCC(C)NC1CCN(S(=O)(=O)CC)CC1. The summed E-state index contributed by atoms with van der Waals surface area (Å²) >= 11 is 0. The summed E-state index contributed by atoms with van der Waals surface area (Å²) in [6.07, 6.45) is 5.89. The zero-order chi connectivity index (χ0) is 13.6. The second-order valence-electron chi connectivity index (χ2n) is 5.01. The monoisotopic (exact) mass is 274 g/mol. The second kappa shape index (κ2) is 7.26. The molecule has 5 heteroatoms. The highest BCUT2D eigenvalue weighted by Gasteiger charge is 2.26. The molecule has 1 N–H and O–H groups in total. The van der Waals surface area contributed by atoms with Gasteiger partial charge in [0.2, 0.25) is 10.0 Å². The van der Waals surface area contributed by atoms with Gasteiger partial charge in [0.05, 0.1) is 5.75 Å². The van der Waals surface area contributed by atoms with Crippen LogP contribution in [0.25, 0.3) is 0 Å². The van der Waals surface area contributed by atoms with Crippen LogP contribution in [-0.2, 0) is 10.0 Å².